The van der Waals surface area contributed by atoms with Gasteiger partial charge >= 0.3 is 0 Å². The molecule has 1 aromatic carbocycles. The fourth-order valence-electron chi connectivity index (χ4n) is 7.91. The first-order valence-corrected chi connectivity index (χ1v) is 19.7. The Morgan fingerprint density at radius 3 is 2.02 bits per heavy atom. The van der Waals surface area contributed by atoms with Crippen molar-refractivity contribution in [1.82, 2.24) is 25.3 Å². The van der Waals surface area contributed by atoms with E-state index in [9.17, 15) is 24.0 Å². The Balaban J connectivity index is 2.27. The highest BCUT2D eigenvalue weighted by Crippen LogP contribution is 2.30. The smallest absolute Gasteiger partial charge is 0.245 e. The molecule has 15 nitrogen and oxygen atoms in total. The van der Waals surface area contributed by atoms with Crippen LogP contribution in [0, 0.1) is 23.7 Å². The number of ether oxygens (including phenoxy) is 4. The number of methoxy groups -OCH3 is 4. The summed E-state index contributed by atoms with van der Waals surface area (Å²) >= 11 is 0. The summed E-state index contributed by atoms with van der Waals surface area (Å²) in [6.45, 7) is 13.4. The summed E-state index contributed by atoms with van der Waals surface area (Å²) in [5.74, 6) is -1.58. The lowest BCUT2D eigenvalue weighted by Gasteiger charge is -2.41. The summed E-state index contributed by atoms with van der Waals surface area (Å²) in [7, 11) is 11.4. The second kappa shape index (κ2) is 22.2. The molecule has 1 aromatic rings. The van der Waals surface area contributed by atoms with Crippen LogP contribution in [0.5, 0.6) is 11.5 Å². The van der Waals surface area contributed by atoms with Crippen LogP contribution in [0.15, 0.2) is 18.2 Å². The summed E-state index contributed by atoms with van der Waals surface area (Å²) in [4.78, 5) is 73.5. The second-order valence-electron chi connectivity index (χ2n) is 16.0. The van der Waals surface area contributed by atoms with Gasteiger partial charge in [-0.15, -0.1) is 0 Å². The second-order valence-corrected chi connectivity index (χ2v) is 16.0. The third kappa shape index (κ3) is 12.1. The average Bonchev–Trinajstić information content (AvgIpc) is 3.55. The van der Waals surface area contributed by atoms with Crippen LogP contribution in [-0.2, 0) is 28.7 Å². The predicted molar refractivity (Wildman–Crippen MR) is 215 cm³/mol. The van der Waals surface area contributed by atoms with Crippen LogP contribution in [0.1, 0.15) is 78.1 Å². The van der Waals surface area contributed by atoms with Crippen LogP contribution in [0.3, 0.4) is 0 Å². The maximum Gasteiger partial charge on any atom is 0.245 e. The fourth-order valence-corrected chi connectivity index (χ4v) is 7.91. The Morgan fingerprint density at radius 2 is 1.52 bits per heavy atom. The molecule has 1 unspecified atom stereocenters. The molecule has 1 aliphatic heterocycles. The number of nitrogens with one attached hydrogen (secondary N) is 2. The van der Waals surface area contributed by atoms with Crippen molar-refractivity contribution >= 4 is 29.4 Å². The van der Waals surface area contributed by atoms with Gasteiger partial charge in [0.05, 0.1) is 63.4 Å². The maximum atomic E-state index is 14.3. The van der Waals surface area contributed by atoms with Crippen LogP contribution in [0.2, 0.25) is 0 Å². The summed E-state index contributed by atoms with van der Waals surface area (Å²) in [6.07, 6.45) is -0.377. The van der Waals surface area contributed by atoms with Crippen LogP contribution in [0.4, 0.5) is 0 Å². The van der Waals surface area contributed by atoms with E-state index >= 15 is 0 Å². The van der Waals surface area contributed by atoms with Crippen molar-refractivity contribution in [2.45, 2.75) is 110 Å². The van der Waals surface area contributed by atoms with Crippen molar-refractivity contribution < 1.29 is 42.9 Å². The van der Waals surface area contributed by atoms with Crippen molar-refractivity contribution in [3.63, 3.8) is 0 Å². The van der Waals surface area contributed by atoms with Crippen LogP contribution in [-0.4, -0.2) is 149 Å². The lowest BCUT2D eigenvalue weighted by molar-refractivity contribution is -0.148. The quantitative estimate of drug-likeness (QED) is 0.147. The minimum absolute atomic E-state index is 0.0272. The number of hydrogen-bond acceptors (Lipinski definition) is 11. The molecule has 4 N–H and O–H groups in total. The van der Waals surface area contributed by atoms with Gasteiger partial charge in [0.1, 0.15) is 6.04 Å². The number of carbonyl (C=O) groups is 5. The van der Waals surface area contributed by atoms with Gasteiger partial charge in [-0.1, -0.05) is 54.9 Å². The van der Waals surface area contributed by atoms with Crippen molar-refractivity contribution in [1.29, 1.82) is 0 Å². The minimum atomic E-state index is -0.793. The number of rotatable bonds is 22. The molecule has 0 aliphatic carbocycles. The zero-order valence-corrected chi connectivity index (χ0v) is 36.2. The molecule has 1 saturated heterocycles. The molecule has 0 aromatic heterocycles. The van der Waals surface area contributed by atoms with Crippen LogP contribution in [0.25, 0.3) is 0 Å². The molecule has 1 heterocycles. The summed E-state index contributed by atoms with van der Waals surface area (Å²) in [5, 5.41) is 5.74. The topological polar surface area (TPSA) is 182 Å². The minimum Gasteiger partial charge on any atom is -0.493 e. The molecule has 0 saturated carbocycles. The van der Waals surface area contributed by atoms with Gasteiger partial charge in [-0.2, -0.15) is 0 Å². The zero-order valence-electron chi connectivity index (χ0n) is 36.2. The molecular weight excluding hydrogens is 720 g/mol. The maximum absolute atomic E-state index is 14.3. The number of benzene rings is 1. The SMILES string of the molecule is CC[C@H](C)C([C@@H](CC(=O)N1C[C@@H](N)C[C@H]1[C@H](OC)[C@@H](C)C(=O)NCC(=O)c1ccc(OC)c(OC)c1)OC)N(C)C(=O)[C@@H](NC(=O)[C@H](C(C)C)N(C)C)C(C)C. The first-order valence-electron chi connectivity index (χ1n) is 19.7. The molecule has 1 aliphatic rings. The lowest BCUT2D eigenvalue weighted by Crippen LogP contribution is -2.59. The normalized spacial score (nSPS) is 19.5. The van der Waals surface area contributed by atoms with Gasteiger partial charge in [-0.3, -0.25) is 28.9 Å². The van der Waals surface area contributed by atoms with Crippen molar-refractivity contribution in [2.24, 2.45) is 29.4 Å². The van der Waals surface area contributed by atoms with E-state index in [0.717, 1.165) is 0 Å². The predicted octanol–water partition coefficient (Wildman–Crippen LogP) is 2.59. The van der Waals surface area contributed by atoms with E-state index < -0.39 is 48.2 Å². The highest BCUT2D eigenvalue weighted by atomic mass is 16.5. The number of likely N-dealkylation sites (tertiary alicyclic amines) is 1. The fraction of sp³-hybridized carbons (Fsp3) is 0.732. The van der Waals surface area contributed by atoms with Crippen molar-refractivity contribution in [3.05, 3.63) is 23.8 Å². The highest BCUT2D eigenvalue weighted by Gasteiger charge is 2.45. The van der Waals surface area contributed by atoms with Crippen LogP contribution < -0.4 is 25.8 Å². The monoisotopic (exact) mass is 791 g/mol. The molecule has 56 heavy (non-hydrogen) atoms. The molecule has 318 valence electrons. The Hall–Kier alpha value is -3.79. The third-order valence-electron chi connectivity index (χ3n) is 11.2. The van der Waals surface area contributed by atoms with E-state index in [2.05, 4.69) is 10.6 Å². The molecular formula is C41H70N6O9. The van der Waals surface area contributed by atoms with Gasteiger partial charge in [-0.05, 0) is 56.5 Å². The standard InChI is InChI=1S/C41H70N6O9/c1-15-25(6)37(46(10)41(52)35(23(2)3)44-40(51)36(24(4)5)45(8)9)33(55-13)20-34(49)47-22-28(42)19-29(47)38(56-14)26(7)39(50)43-21-30(48)27-16-17-31(53-11)32(18-27)54-12/h16-18,23-26,28-29,33,35-38H,15,19-22,42H2,1-14H3,(H,43,50)(H,44,51)/t25-,26+,28-,29-,33+,35-,36-,37?,38+/m0/s1. The Morgan fingerprint density at radius 1 is 0.893 bits per heavy atom. The number of carbonyl (C=O) groups excluding carboxylic acids is 5. The van der Waals surface area contributed by atoms with E-state index in [4.69, 9.17) is 24.7 Å². The van der Waals surface area contributed by atoms with Crippen LogP contribution >= 0.6 is 0 Å². The van der Waals surface area contributed by atoms with Crippen molar-refractivity contribution in [3.8, 4) is 11.5 Å². The molecule has 9 atom stereocenters. The molecule has 0 radical (unpaired) electrons. The molecule has 0 bridgehead atoms. The van der Waals surface area contributed by atoms with Gasteiger partial charge in [0, 0.05) is 39.4 Å². The van der Waals surface area contributed by atoms with Gasteiger partial charge in [0.2, 0.25) is 23.6 Å². The third-order valence-corrected chi connectivity index (χ3v) is 11.2. The number of hydrogen-bond donors (Lipinski definition) is 3. The van der Waals surface area contributed by atoms with Gasteiger partial charge in [-0.25, -0.2) is 0 Å². The highest BCUT2D eigenvalue weighted by molar-refractivity contribution is 6.00. The van der Waals surface area contributed by atoms with Crippen molar-refractivity contribution in [2.75, 3.05) is 62.7 Å². The van der Waals surface area contributed by atoms with E-state index in [-0.39, 0.29) is 66.8 Å². The summed E-state index contributed by atoms with van der Waals surface area (Å²) in [6, 6.07) is 2.18. The van der Waals surface area contributed by atoms with Gasteiger partial charge in [0.15, 0.2) is 17.3 Å². The number of ketones is 1. The number of nitrogens with zero attached hydrogens (tertiary/aromatic N) is 3. The average molecular weight is 791 g/mol. The molecule has 15 heteroatoms. The Labute approximate surface area is 334 Å². The number of likely N-dealkylation sites (N-methyl/N-ethyl adjacent to an activating group) is 2. The number of amides is 4. The van der Waals surface area contributed by atoms with Gasteiger partial charge < -0.3 is 45.1 Å². The first-order chi connectivity index (χ1) is 26.3. The van der Waals surface area contributed by atoms with E-state index in [1.807, 2.05) is 60.5 Å². The molecule has 2 rings (SSSR count). The Bertz CT molecular complexity index is 1460. The lowest BCUT2D eigenvalue weighted by atomic mass is 9.89. The molecule has 4 amide bonds. The summed E-state index contributed by atoms with van der Waals surface area (Å²) < 4.78 is 22.4. The van der Waals surface area contributed by atoms with E-state index in [1.54, 1.807) is 42.0 Å². The summed E-state index contributed by atoms with van der Waals surface area (Å²) in [5.41, 5.74) is 6.78. The Kier molecular flexibility index (Phi) is 19.2. The first kappa shape index (κ1) is 48.4. The zero-order chi connectivity index (χ0) is 42.6. The number of nitrogens with two attached hydrogens (primary N) is 1. The van der Waals surface area contributed by atoms with E-state index in [1.165, 1.54) is 28.4 Å². The molecule has 0 spiro atoms. The molecule has 1 fully saturated rings. The largest absolute Gasteiger partial charge is 0.493 e. The number of Topliss-reactive ketones (excluding diaryl/α,β-unsaturated/α-hetero) is 1. The van der Waals surface area contributed by atoms with Gasteiger partial charge in [0.25, 0.3) is 0 Å². The van der Waals surface area contributed by atoms with E-state index in [0.29, 0.717) is 29.9 Å².